The minimum atomic E-state index is -0.880. The molecular formula is C15H21NO3. The highest BCUT2D eigenvalue weighted by Crippen LogP contribution is 2.12. The summed E-state index contributed by atoms with van der Waals surface area (Å²) < 4.78 is 0. The Morgan fingerprint density at radius 3 is 2.47 bits per heavy atom. The van der Waals surface area contributed by atoms with E-state index < -0.39 is 5.97 Å². The summed E-state index contributed by atoms with van der Waals surface area (Å²) in [4.78, 5) is 24.6. The molecule has 0 saturated carbocycles. The number of benzene rings is 1. The summed E-state index contributed by atoms with van der Waals surface area (Å²) in [5.41, 5.74) is 2.08. The SMILES string of the molecule is CCN(C(=O)Cc1ccccc1C)C(C)CC(=O)O. The smallest absolute Gasteiger partial charge is 0.305 e. The van der Waals surface area contributed by atoms with Crippen LogP contribution in [0.2, 0.25) is 0 Å². The predicted molar refractivity (Wildman–Crippen MR) is 74.0 cm³/mol. The Morgan fingerprint density at radius 1 is 1.32 bits per heavy atom. The summed E-state index contributed by atoms with van der Waals surface area (Å²) in [5.74, 6) is -0.903. The molecule has 0 radical (unpaired) electrons. The molecule has 1 unspecified atom stereocenters. The van der Waals surface area contributed by atoms with Crippen LogP contribution in [0.25, 0.3) is 0 Å². The molecule has 0 bridgehead atoms. The van der Waals surface area contributed by atoms with Gasteiger partial charge in [0, 0.05) is 12.6 Å². The summed E-state index contributed by atoms with van der Waals surface area (Å²) in [6.45, 7) is 6.14. The molecule has 1 amide bonds. The third-order valence-corrected chi connectivity index (χ3v) is 3.27. The normalized spacial score (nSPS) is 11.9. The Labute approximate surface area is 114 Å². The van der Waals surface area contributed by atoms with E-state index in [2.05, 4.69) is 0 Å². The highest BCUT2D eigenvalue weighted by molar-refractivity contribution is 5.80. The van der Waals surface area contributed by atoms with Gasteiger partial charge in [-0.1, -0.05) is 24.3 Å². The first kappa shape index (κ1) is 15.2. The van der Waals surface area contributed by atoms with Crippen molar-refractivity contribution >= 4 is 11.9 Å². The van der Waals surface area contributed by atoms with Crippen molar-refractivity contribution in [2.75, 3.05) is 6.54 Å². The Hall–Kier alpha value is -1.84. The minimum absolute atomic E-state index is 0.0205. The molecule has 0 heterocycles. The van der Waals surface area contributed by atoms with E-state index in [9.17, 15) is 9.59 Å². The van der Waals surface area contributed by atoms with Crippen LogP contribution in [0, 0.1) is 6.92 Å². The summed E-state index contributed by atoms with van der Waals surface area (Å²) in [7, 11) is 0. The van der Waals surface area contributed by atoms with Crippen LogP contribution in [0.5, 0.6) is 0 Å². The van der Waals surface area contributed by atoms with Crippen molar-refractivity contribution in [3.63, 3.8) is 0 Å². The largest absolute Gasteiger partial charge is 0.481 e. The molecule has 0 aliphatic carbocycles. The number of nitrogens with zero attached hydrogens (tertiary/aromatic N) is 1. The molecule has 0 saturated heterocycles. The van der Waals surface area contributed by atoms with Gasteiger partial charge in [0.15, 0.2) is 0 Å². The number of carboxylic acids is 1. The van der Waals surface area contributed by atoms with Crippen LogP contribution in [0.3, 0.4) is 0 Å². The van der Waals surface area contributed by atoms with Gasteiger partial charge in [-0.05, 0) is 31.9 Å². The maximum Gasteiger partial charge on any atom is 0.305 e. The molecule has 1 N–H and O–H groups in total. The highest BCUT2D eigenvalue weighted by atomic mass is 16.4. The van der Waals surface area contributed by atoms with Gasteiger partial charge in [-0.15, -0.1) is 0 Å². The van der Waals surface area contributed by atoms with Crippen molar-refractivity contribution in [3.05, 3.63) is 35.4 Å². The third kappa shape index (κ3) is 4.39. The molecule has 0 fully saturated rings. The van der Waals surface area contributed by atoms with Crippen LogP contribution in [0.15, 0.2) is 24.3 Å². The number of carbonyl (C=O) groups is 2. The Morgan fingerprint density at radius 2 is 1.95 bits per heavy atom. The zero-order valence-electron chi connectivity index (χ0n) is 11.7. The summed E-state index contributed by atoms with van der Waals surface area (Å²) in [6, 6.07) is 7.47. The molecule has 4 nitrogen and oxygen atoms in total. The molecule has 19 heavy (non-hydrogen) atoms. The van der Waals surface area contributed by atoms with Gasteiger partial charge in [-0.3, -0.25) is 9.59 Å². The van der Waals surface area contributed by atoms with Crippen LogP contribution in [0.4, 0.5) is 0 Å². The second kappa shape index (κ2) is 6.92. The molecule has 1 aromatic carbocycles. The summed E-state index contributed by atoms with van der Waals surface area (Å²) in [6.07, 6.45) is 0.303. The van der Waals surface area contributed by atoms with E-state index in [4.69, 9.17) is 5.11 Å². The van der Waals surface area contributed by atoms with Crippen LogP contribution >= 0.6 is 0 Å². The van der Waals surface area contributed by atoms with Gasteiger partial charge in [-0.2, -0.15) is 0 Å². The van der Waals surface area contributed by atoms with Gasteiger partial charge >= 0.3 is 5.97 Å². The Balaban J connectivity index is 2.74. The van der Waals surface area contributed by atoms with Crippen LogP contribution in [0.1, 0.15) is 31.4 Å². The Bertz CT molecular complexity index is 456. The van der Waals surface area contributed by atoms with Crippen LogP contribution in [-0.2, 0) is 16.0 Å². The molecule has 0 aromatic heterocycles. The number of hydrogen-bond acceptors (Lipinski definition) is 2. The lowest BCUT2D eigenvalue weighted by atomic mass is 10.0. The van der Waals surface area contributed by atoms with Gasteiger partial charge in [0.05, 0.1) is 12.8 Å². The van der Waals surface area contributed by atoms with Gasteiger partial charge in [0.25, 0.3) is 0 Å². The molecule has 1 rings (SSSR count). The number of amides is 1. The van der Waals surface area contributed by atoms with E-state index in [1.165, 1.54) is 0 Å². The standard InChI is InChI=1S/C15H21NO3/c1-4-16(12(3)9-15(18)19)14(17)10-13-8-6-5-7-11(13)2/h5-8,12H,4,9-10H2,1-3H3,(H,18,19). The fourth-order valence-corrected chi connectivity index (χ4v) is 2.17. The molecule has 0 spiro atoms. The number of likely N-dealkylation sites (N-methyl/N-ethyl adjacent to an activating group) is 1. The zero-order valence-corrected chi connectivity index (χ0v) is 11.7. The fraction of sp³-hybridized carbons (Fsp3) is 0.467. The summed E-state index contributed by atoms with van der Waals surface area (Å²) >= 11 is 0. The maximum atomic E-state index is 12.3. The molecule has 104 valence electrons. The van der Waals surface area contributed by atoms with Crippen molar-refractivity contribution in [2.45, 2.75) is 39.7 Å². The van der Waals surface area contributed by atoms with E-state index in [1.54, 1.807) is 11.8 Å². The summed E-state index contributed by atoms with van der Waals surface area (Å²) in [5, 5.41) is 8.81. The Kier molecular flexibility index (Phi) is 5.55. The van der Waals surface area contributed by atoms with E-state index in [-0.39, 0.29) is 18.4 Å². The molecular weight excluding hydrogens is 242 g/mol. The highest BCUT2D eigenvalue weighted by Gasteiger charge is 2.21. The van der Waals surface area contributed by atoms with Crippen molar-refractivity contribution in [3.8, 4) is 0 Å². The lowest BCUT2D eigenvalue weighted by Crippen LogP contribution is -2.40. The van der Waals surface area contributed by atoms with E-state index in [1.807, 2.05) is 38.1 Å². The lowest BCUT2D eigenvalue weighted by molar-refractivity contribution is -0.140. The van der Waals surface area contributed by atoms with E-state index in [0.29, 0.717) is 13.0 Å². The van der Waals surface area contributed by atoms with Crippen molar-refractivity contribution in [1.29, 1.82) is 0 Å². The van der Waals surface area contributed by atoms with Gasteiger partial charge in [0.2, 0.25) is 5.91 Å². The molecule has 0 aliphatic heterocycles. The van der Waals surface area contributed by atoms with E-state index in [0.717, 1.165) is 11.1 Å². The van der Waals surface area contributed by atoms with Gasteiger partial charge in [-0.25, -0.2) is 0 Å². The molecule has 1 atom stereocenters. The average Bonchev–Trinajstić information content (AvgIpc) is 2.32. The first-order valence-corrected chi connectivity index (χ1v) is 6.51. The number of hydrogen-bond donors (Lipinski definition) is 1. The fourth-order valence-electron chi connectivity index (χ4n) is 2.17. The van der Waals surface area contributed by atoms with Crippen molar-refractivity contribution < 1.29 is 14.7 Å². The minimum Gasteiger partial charge on any atom is -0.481 e. The molecule has 4 heteroatoms. The quantitative estimate of drug-likeness (QED) is 0.856. The number of aliphatic carboxylic acids is 1. The van der Waals surface area contributed by atoms with Gasteiger partial charge < -0.3 is 10.0 Å². The lowest BCUT2D eigenvalue weighted by Gasteiger charge is -2.27. The first-order chi connectivity index (χ1) is 8.95. The second-order valence-electron chi connectivity index (χ2n) is 4.73. The molecule has 0 aliphatic rings. The van der Waals surface area contributed by atoms with Crippen molar-refractivity contribution in [2.24, 2.45) is 0 Å². The third-order valence-electron chi connectivity index (χ3n) is 3.27. The number of carboxylic acid groups (broad SMARTS) is 1. The predicted octanol–water partition coefficient (Wildman–Crippen LogP) is 2.25. The van der Waals surface area contributed by atoms with E-state index >= 15 is 0 Å². The van der Waals surface area contributed by atoms with Crippen molar-refractivity contribution in [1.82, 2.24) is 4.90 Å². The maximum absolute atomic E-state index is 12.3. The topological polar surface area (TPSA) is 57.6 Å². The molecule has 1 aromatic rings. The van der Waals surface area contributed by atoms with Crippen LogP contribution < -0.4 is 0 Å². The monoisotopic (exact) mass is 263 g/mol. The first-order valence-electron chi connectivity index (χ1n) is 6.51. The number of rotatable bonds is 6. The van der Waals surface area contributed by atoms with Crippen LogP contribution in [-0.4, -0.2) is 34.5 Å². The second-order valence-corrected chi connectivity index (χ2v) is 4.73. The van der Waals surface area contributed by atoms with Gasteiger partial charge in [0.1, 0.15) is 0 Å². The average molecular weight is 263 g/mol. The number of aryl methyl sites for hydroxylation is 1. The number of carbonyl (C=O) groups excluding carboxylic acids is 1. The zero-order chi connectivity index (χ0) is 14.4.